The Balaban J connectivity index is 1.55. The smallest absolute Gasteiger partial charge is 0.240 e. The van der Waals surface area contributed by atoms with E-state index in [1.807, 2.05) is 4.90 Å². The van der Waals surface area contributed by atoms with E-state index < -0.39 is 20.0 Å². The average molecular weight is 488 g/mol. The Hall–Kier alpha value is -2.41. The summed E-state index contributed by atoms with van der Waals surface area (Å²) in [6.45, 7) is 1.19. The van der Waals surface area contributed by atoms with Gasteiger partial charge in [-0.1, -0.05) is 0 Å². The first-order valence-electron chi connectivity index (χ1n) is 9.86. The van der Waals surface area contributed by atoms with Crippen LogP contribution < -0.4 is 19.1 Å². The molecule has 0 aliphatic carbocycles. The lowest BCUT2D eigenvalue weighted by atomic mass is 10.2. The quantitative estimate of drug-likeness (QED) is 0.568. The number of methoxy groups -OCH3 is 2. The lowest BCUT2D eigenvalue weighted by Gasteiger charge is -2.35. The van der Waals surface area contributed by atoms with Gasteiger partial charge in [-0.2, -0.15) is 4.31 Å². The molecular formula is C20H26FN3O6S2. The summed E-state index contributed by atoms with van der Waals surface area (Å²) in [6.07, 6.45) is 0. The van der Waals surface area contributed by atoms with Gasteiger partial charge in [-0.15, -0.1) is 0 Å². The predicted octanol–water partition coefficient (Wildman–Crippen LogP) is 1.27. The van der Waals surface area contributed by atoms with Crippen LogP contribution in [0.1, 0.15) is 0 Å². The van der Waals surface area contributed by atoms with Gasteiger partial charge < -0.3 is 14.4 Å². The van der Waals surface area contributed by atoms with E-state index in [2.05, 4.69) is 4.72 Å². The topological polar surface area (TPSA) is 105 Å². The summed E-state index contributed by atoms with van der Waals surface area (Å²) in [7, 11) is -4.74. The molecule has 1 aliphatic rings. The third-order valence-corrected chi connectivity index (χ3v) is 8.47. The van der Waals surface area contributed by atoms with Gasteiger partial charge in [0.1, 0.15) is 5.82 Å². The number of piperazine rings is 1. The van der Waals surface area contributed by atoms with Crippen LogP contribution in [0.5, 0.6) is 11.5 Å². The second-order valence-electron chi connectivity index (χ2n) is 7.09. The van der Waals surface area contributed by atoms with Crippen molar-refractivity contribution < 1.29 is 30.7 Å². The number of hydrogen-bond acceptors (Lipinski definition) is 7. The highest BCUT2D eigenvalue weighted by Crippen LogP contribution is 2.29. The summed E-state index contributed by atoms with van der Waals surface area (Å²) >= 11 is 0. The van der Waals surface area contributed by atoms with E-state index in [0.29, 0.717) is 18.8 Å². The molecule has 32 heavy (non-hydrogen) atoms. The number of halogens is 1. The number of sulfonamides is 2. The number of hydrogen-bond donors (Lipinski definition) is 1. The molecule has 0 saturated carbocycles. The lowest BCUT2D eigenvalue weighted by Crippen LogP contribution is -2.50. The second kappa shape index (κ2) is 10.0. The van der Waals surface area contributed by atoms with Crippen molar-refractivity contribution >= 4 is 25.7 Å². The van der Waals surface area contributed by atoms with Crippen LogP contribution in [0, 0.1) is 5.82 Å². The van der Waals surface area contributed by atoms with Gasteiger partial charge in [-0.3, -0.25) is 0 Å². The van der Waals surface area contributed by atoms with E-state index >= 15 is 0 Å². The molecule has 2 aromatic carbocycles. The summed E-state index contributed by atoms with van der Waals surface area (Å²) < 4.78 is 77.4. The number of anilines is 1. The zero-order valence-corrected chi connectivity index (χ0v) is 19.5. The van der Waals surface area contributed by atoms with Crippen molar-refractivity contribution in [2.75, 3.05) is 57.6 Å². The van der Waals surface area contributed by atoms with E-state index in [9.17, 15) is 21.2 Å². The summed E-state index contributed by atoms with van der Waals surface area (Å²) in [5.74, 6) is -0.0582. The minimum absolute atomic E-state index is 0.0551. The minimum atomic E-state index is -3.93. The maximum atomic E-state index is 13.1. The summed E-state index contributed by atoms with van der Waals surface area (Å²) in [4.78, 5) is 1.92. The van der Waals surface area contributed by atoms with Gasteiger partial charge in [0.25, 0.3) is 0 Å². The van der Waals surface area contributed by atoms with Crippen molar-refractivity contribution in [1.29, 1.82) is 0 Å². The molecular weight excluding hydrogens is 461 g/mol. The average Bonchev–Trinajstić information content (AvgIpc) is 2.79. The highest BCUT2D eigenvalue weighted by atomic mass is 32.2. The van der Waals surface area contributed by atoms with Crippen molar-refractivity contribution in [3.8, 4) is 11.5 Å². The maximum Gasteiger partial charge on any atom is 0.240 e. The maximum absolute atomic E-state index is 13.1. The van der Waals surface area contributed by atoms with E-state index in [1.165, 1.54) is 48.9 Å². The van der Waals surface area contributed by atoms with Gasteiger partial charge in [0, 0.05) is 44.5 Å². The van der Waals surface area contributed by atoms with Gasteiger partial charge in [0.2, 0.25) is 20.0 Å². The first-order valence-corrected chi connectivity index (χ1v) is 13.0. The molecule has 0 atom stereocenters. The SMILES string of the molecule is COc1ccc(S(=O)(=O)NCCS(=O)(=O)N2CCN(c3ccc(F)cc3)CC2)cc1OC. The fraction of sp³-hybridized carbons (Fsp3) is 0.400. The summed E-state index contributed by atoms with van der Waals surface area (Å²) in [5.41, 5.74) is 0.825. The van der Waals surface area contributed by atoms with Crippen molar-refractivity contribution in [2.45, 2.75) is 4.90 Å². The molecule has 1 heterocycles. The Kier molecular flexibility index (Phi) is 7.59. The molecule has 2 aromatic rings. The fourth-order valence-corrected chi connectivity index (χ4v) is 5.89. The van der Waals surface area contributed by atoms with Crippen LogP contribution in [0.2, 0.25) is 0 Å². The molecule has 1 fully saturated rings. The third kappa shape index (κ3) is 5.68. The largest absolute Gasteiger partial charge is 0.493 e. The Morgan fingerprint density at radius 1 is 0.906 bits per heavy atom. The van der Waals surface area contributed by atoms with Crippen LogP contribution in [0.25, 0.3) is 0 Å². The van der Waals surface area contributed by atoms with Gasteiger partial charge in [-0.05, 0) is 36.4 Å². The molecule has 9 nitrogen and oxygen atoms in total. The first-order chi connectivity index (χ1) is 15.2. The van der Waals surface area contributed by atoms with E-state index in [-0.39, 0.29) is 41.8 Å². The molecule has 0 amide bonds. The number of nitrogens with zero attached hydrogens (tertiary/aromatic N) is 2. The predicted molar refractivity (Wildman–Crippen MR) is 119 cm³/mol. The van der Waals surface area contributed by atoms with Gasteiger partial charge >= 0.3 is 0 Å². The molecule has 0 unspecified atom stereocenters. The molecule has 12 heteroatoms. The Morgan fingerprint density at radius 2 is 1.53 bits per heavy atom. The van der Waals surface area contributed by atoms with Crippen molar-refractivity contribution in [2.24, 2.45) is 0 Å². The lowest BCUT2D eigenvalue weighted by molar-refractivity contribution is 0.354. The number of rotatable bonds is 9. The van der Waals surface area contributed by atoms with Gasteiger partial charge in [0.15, 0.2) is 11.5 Å². The molecule has 176 valence electrons. The van der Waals surface area contributed by atoms with Crippen molar-refractivity contribution in [3.63, 3.8) is 0 Å². The van der Waals surface area contributed by atoms with Crippen LogP contribution >= 0.6 is 0 Å². The van der Waals surface area contributed by atoms with Crippen molar-refractivity contribution in [3.05, 3.63) is 48.3 Å². The molecule has 1 saturated heterocycles. The van der Waals surface area contributed by atoms with E-state index in [4.69, 9.17) is 9.47 Å². The molecule has 3 rings (SSSR count). The zero-order valence-electron chi connectivity index (χ0n) is 17.8. The monoisotopic (exact) mass is 487 g/mol. The van der Waals surface area contributed by atoms with Crippen molar-refractivity contribution in [1.82, 2.24) is 9.03 Å². The minimum Gasteiger partial charge on any atom is -0.493 e. The number of benzene rings is 2. The van der Waals surface area contributed by atoms with E-state index in [1.54, 1.807) is 12.1 Å². The summed E-state index contributed by atoms with van der Waals surface area (Å²) in [5, 5.41) is 0. The number of ether oxygens (including phenoxy) is 2. The molecule has 1 N–H and O–H groups in total. The molecule has 1 aliphatic heterocycles. The van der Waals surface area contributed by atoms with Gasteiger partial charge in [0.05, 0.1) is 24.9 Å². The van der Waals surface area contributed by atoms with E-state index in [0.717, 1.165) is 5.69 Å². The van der Waals surface area contributed by atoms with Crippen LogP contribution in [-0.4, -0.2) is 73.8 Å². The van der Waals surface area contributed by atoms with Crippen LogP contribution in [0.4, 0.5) is 10.1 Å². The van der Waals surface area contributed by atoms with Crippen LogP contribution in [0.15, 0.2) is 47.4 Å². The third-order valence-electron chi connectivity index (χ3n) is 5.14. The molecule has 0 radical (unpaired) electrons. The normalized spacial score (nSPS) is 15.5. The zero-order chi connectivity index (χ0) is 23.4. The molecule has 0 aromatic heterocycles. The first kappa shape index (κ1) is 24.2. The molecule has 0 bridgehead atoms. The highest BCUT2D eigenvalue weighted by molar-refractivity contribution is 7.90. The standard InChI is InChI=1S/C20H26FN3O6S2/c1-29-19-8-7-18(15-20(19)30-2)32(27,28)22-9-14-31(25,26)24-12-10-23(11-13-24)17-5-3-16(21)4-6-17/h3-8,15,22H,9-14H2,1-2H3. The van der Waals surface area contributed by atoms with Gasteiger partial charge in [-0.25, -0.2) is 25.9 Å². The highest BCUT2D eigenvalue weighted by Gasteiger charge is 2.27. The number of nitrogens with one attached hydrogen (secondary N) is 1. The Morgan fingerprint density at radius 3 is 2.12 bits per heavy atom. The van der Waals surface area contributed by atoms with Crippen LogP contribution in [-0.2, 0) is 20.0 Å². The fourth-order valence-electron chi connectivity index (χ4n) is 3.38. The van der Waals surface area contributed by atoms with Crippen LogP contribution in [0.3, 0.4) is 0 Å². The molecule has 0 spiro atoms. The second-order valence-corrected chi connectivity index (χ2v) is 10.9. The Bertz CT molecular complexity index is 1130. The summed E-state index contributed by atoms with van der Waals surface area (Å²) in [6, 6.07) is 10.2. The Labute approximate surface area is 187 Å².